The molecule has 8 heteroatoms. The number of halogens is 1. The van der Waals surface area contributed by atoms with Gasteiger partial charge >= 0.3 is 6.09 Å². The second kappa shape index (κ2) is 8.39. The summed E-state index contributed by atoms with van der Waals surface area (Å²) in [6.07, 6.45) is 1.64. The lowest BCUT2D eigenvalue weighted by atomic mass is 9.89. The highest BCUT2D eigenvalue weighted by atomic mass is 19.1. The zero-order valence-electron chi connectivity index (χ0n) is 17.1. The van der Waals surface area contributed by atoms with E-state index in [0.717, 1.165) is 0 Å². The summed E-state index contributed by atoms with van der Waals surface area (Å²) in [7, 11) is 0. The van der Waals surface area contributed by atoms with Crippen LogP contribution >= 0.6 is 0 Å². The lowest BCUT2D eigenvalue weighted by Crippen LogP contribution is -2.47. The van der Waals surface area contributed by atoms with Crippen LogP contribution < -0.4 is 10.6 Å². The summed E-state index contributed by atoms with van der Waals surface area (Å²) >= 11 is 0. The monoisotopic (exact) mass is 405 g/mol. The zero-order chi connectivity index (χ0) is 21.2. The van der Waals surface area contributed by atoms with Gasteiger partial charge in [-0.2, -0.15) is 0 Å². The maximum Gasteiger partial charge on any atom is 0.410 e. The van der Waals surface area contributed by atoms with Crippen LogP contribution in [-0.2, 0) is 14.3 Å². The first-order valence-corrected chi connectivity index (χ1v) is 10.00. The first kappa shape index (κ1) is 21.1. The molecule has 0 aromatic heterocycles. The van der Waals surface area contributed by atoms with Crippen molar-refractivity contribution in [1.29, 1.82) is 0 Å². The van der Waals surface area contributed by atoms with Gasteiger partial charge in [-0.15, -0.1) is 0 Å². The minimum atomic E-state index is -0.546. The second-order valence-electron chi connectivity index (χ2n) is 8.63. The van der Waals surface area contributed by atoms with Crippen LogP contribution in [0.1, 0.15) is 57.9 Å². The number of carbonyl (C=O) groups excluding carboxylic acids is 3. The molecule has 1 atom stereocenters. The van der Waals surface area contributed by atoms with E-state index >= 15 is 0 Å². The molecular weight excluding hydrogens is 377 g/mol. The topological polar surface area (TPSA) is 87.7 Å². The van der Waals surface area contributed by atoms with Crippen LogP contribution in [0.3, 0.4) is 0 Å². The normalized spacial score (nSPS) is 21.0. The molecule has 158 valence electrons. The fraction of sp³-hybridized carbons (Fsp3) is 0.571. The van der Waals surface area contributed by atoms with Crippen LogP contribution in [-0.4, -0.2) is 47.5 Å². The van der Waals surface area contributed by atoms with Gasteiger partial charge in [-0.05, 0) is 63.6 Å². The number of rotatable bonds is 3. The third-order valence-corrected chi connectivity index (χ3v) is 5.17. The number of imide groups is 1. The van der Waals surface area contributed by atoms with Crippen LogP contribution in [0, 0.1) is 5.82 Å². The van der Waals surface area contributed by atoms with Gasteiger partial charge in [0, 0.05) is 25.2 Å². The molecular formula is C21H28FN3O4. The predicted octanol–water partition coefficient (Wildman–Crippen LogP) is 3.16. The number of amides is 3. The SMILES string of the molecule is CC(C)(C)OC(=O)N1CCC(c2ccc(N[C@@H]3CCC(=O)NC3=O)cc2F)CC1. The van der Waals surface area contributed by atoms with Gasteiger partial charge in [-0.3, -0.25) is 14.9 Å². The number of anilines is 1. The summed E-state index contributed by atoms with van der Waals surface area (Å²) in [5.74, 6) is -0.982. The molecule has 2 aliphatic rings. The molecule has 0 unspecified atom stereocenters. The maximum absolute atomic E-state index is 14.7. The number of carbonyl (C=O) groups is 3. The molecule has 7 nitrogen and oxygen atoms in total. The standard InChI is InChI=1S/C21H28FN3O4/c1-21(2,3)29-20(28)25-10-8-13(9-11-25)15-5-4-14(12-16(15)22)23-17-6-7-18(26)24-19(17)27/h4-5,12-13,17,23H,6-11H2,1-3H3,(H,24,26,27)/t17-/m1/s1. The Kier molecular flexibility index (Phi) is 6.10. The largest absolute Gasteiger partial charge is 0.444 e. The molecule has 2 saturated heterocycles. The number of nitrogens with zero attached hydrogens (tertiary/aromatic N) is 1. The Morgan fingerprint density at radius 1 is 1.21 bits per heavy atom. The summed E-state index contributed by atoms with van der Waals surface area (Å²) in [6, 6.07) is 4.33. The van der Waals surface area contributed by atoms with Gasteiger partial charge in [0.15, 0.2) is 0 Å². The Bertz CT molecular complexity index is 798. The molecule has 0 saturated carbocycles. The lowest BCUT2D eigenvalue weighted by molar-refractivity contribution is -0.133. The van der Waals surface area contributed by atoms with Gasteiger partial charge in [0.25, 0.3) is 0 Å². The molecule has 1 aromatic rings. The molecule has 3 amide bonds. The molecule has 1 aromatic carbocycles. The van der Waals surface area contributed by atoms with E-state index in [4.69, 9.17) is 4.74 Å². The van der Waals surface area contributed by atoms with Crippen LogP contribution in [0.25, 0.3) is 0 Å². The van der Waals surface area contributed by atoms with Crippen LogP contribution in [0.4, 0.5) is 14.9 Å². The van der Waals surface area contributed by atoms with Gasteiger partial charge < -0.3 is 15.0 Å². The van der Waals surface area contributed by atoms with Crippen molar-refractivity contribution in [2.24, 2.45) is 0 Å². The van der Waals surface area contributed by atoms with Gasteiger partial charge in [0.05, 0.1) is 0 Å². The van der Waals surface area contributed by atoms with Crippen molar-refractivity contribution in [1.82, 2.24) is 10.2 Å². The highest BCUT2D eigenvalue weighted by Crippen LogP contribution is 2.32. The molecule has 0 bridgehead atoms. The Labute approximate surface area is 170 Å². The van der Waals surface area contributed by atoms with E-state index in [1.807, 2.05) is 20.8 Å². The Morgan fingerprint density at radius 3 is 2.48 bits per heavy atom. The summed E-state index contributed by atoms with van der Waals surface area (Å²) < 4.78 is 20.1. The summed E-state index contributed by atoms with van der Waals surface area (Å²) in [5.41, 5.74) is 0.584. The molecule has 0 aliphatic carbocycles. The Morgan fingerprint density at radius 2 is 1.90 bits per heavy atom. The smallest absolute Gasteiger partial charge is 0.410 e. The van der Waals surface area contributed by atoms with Gasteiger partial charge in [0.1, 0.15) is 17.5 Å². The van der Waals surface area contributed by atoms with Crippen molar-refractivity contribution in [2.45, 2.75) is 64.0 Å². The van der Waals surface area contributed by atoms with E-state index < -0.39 is 11.6 Å². The van der Waals surface area contributed by atoms with Gasteiger partial charge in [-0.25, -0.2) is 9.18 Å². The minimum absolute atomic E-state index is 0.0262. The molecule has 2 heterocycles. The lowest BCUT2D eigenvalue weighted by Gasteiger charge is -2.33. The second-order valence-corrected chi connectivity index (χ2v) is 8.63. The number of ether oxygens (including phenoxy) is 1. The summed E-state index contributed by atoms with van der Waals surface area (Å²) in [6.45, 7) is 6.54. The van der Waals surface area contributed by atoms with E-state index in [1.165, 1.54) is 6.07 Å². The predicted molar refractivity (Wildman–Crippen MR) is 106 cm³/mol. The fourth-order valence-electron chi connectivity index (χ4n) is 3.68. The Hall–Kier alpha value is -2.64. The highest BCUT2D eigenvalue weighted by Gasteiger charge is 2.29. The van der Waals surface area contributed by atoms with Gasteiger partial charge in [-0.1, -0.05) is 6.07 Å². The number of hydrogen-bond donors (Lipinski definition) is 2. The first-order chi connectivity index (χ1) is 13.6. The molecule has 2 fully saturated rings. The molecule has 29 heavy (non-hydrogen) atoms. The van der Waals surface area contributed by atoms with Crippen LogP contribution in [0.2, 0.25) is 0 Å². The van der Waals surface area contributed by atoms with E-state index in [2.05, 4.69) is 10.6 Å². The number of piperidine rings is 2. The highest BCUT2D eigenvalue weighted by molar-refractivity contribution is 6.01. The van der Waals surface area contributed by atoms with E-state index in [1.54, 1.807) is 17.0 Å². The average Bonchev–Trinajstić information content (AvgIpc) is 2.63. The summed E-state index contributed by atoms with van der Waals surface area (Å²) in [5, 5.41) is 5.27. The summed E-state index contributed by atoms with van der Waals surface area (Å²) in [4.78, 5) is 36.9. The number of nitrogens with one attached hydrogen (secondary N) is 2. The number of benzene rings is 1. The van der Waals surface area contributed by atoms with Crippen molar-refractivity contribution in [3.63, 3.8) is 0 Å². The Balaban J connectivity index is 1.58. The van der Waals surface area contributed by atoms with Gasteiger partial charge in [0.2, 0.25) is 11.8 Å². The average molecular weight is 405 g/mol. The van der Waals surface area contributed by atoms with E-state index in [9.17, 15) is 18.8 Å². The third kappa shape index (κ3) is 5.46. The van der Waals surface area contributed by atoms with Crippen molar-refractivity contribution in [2.75, 3.05) is 18.4 Å². The van der Waals surface area contributed by atoms with Crippen molar-refractivity contribution in [3.8, 4) is 0 Å². The third-order valence-electron chi connectivity index (χ3n) is 5.17. The van der Waals surface area contributed by atoms with E-state index in [0.29, 0.717) is 43.6 Å². The fourth-order valence-corrected chi connectivity index (χ4v) is 3.68. The number of hydrogen-bond acceptors (Lipinski definition) is 5. The molecule has 0 spiro atoms. The van der Waals surface area contributed by atoms with Crippen molar-refractivity contribution in [3.05, 3.63) is 29.6 Å². The minimum Gasteiger partial charge on any atom is -0.444 e. The van der Waals surface area contributed by atoms with Crippen LogP contribution in [0.15, 0.2) is 18.2 Å². The molecule has 2 aliphatic heterocycles. The van der Waals surface area contributed by atoms with Crippen LogP contribution in [0.5, 0.6) is 0 Å². The van der Waals surface area contributed by atoms with E-state index in [-0.39, 0.29) is 36.1 Å². The van der Waals surface area contributed by atoms with Crippen molar-refractivity contribution >= 4 is 23.6 Å². The molecule has 0 radical (unpaired) electrons. The molecule has 2 N–H and O–H groups in total. The first-order valence-electron chi connectivity index (χ1n) is 10.00. The quantitative estimate of drug-likeness (QED) is 0.755. The molecule has 3 rings (SSSR count). The van der Waals surface area contributed by atoms with Crippen molar-refractivity contribution < 1.29 is 23.5 Å². The zero-order valence-corrected chi connectivity index (χ0v) is 17.1. The number of likely N-dealkylation sites (tertiary alicyclic amines) is 1. The maximum atomic E-state index is 14.7.